The standard InChI is InChI=1S/C20H26N2OS2/c1-13-4-2-3-5-15(13)12-25-19(24)21-11-18(23)22-20-8-14-6-16(9-20)17(7-14)10-20/h2-5,14,16-17H,6-12H2,1H3,(H,21,24)(H,22,23). The van der Waals surface area contributed by atoms with E-state index in [1.165, 1.54) is 43.2 Å². The van der Waals surface area contributed by atoms with Crippen LogP contribution in [0, 0.1) is 24.7 Å². The summed E-state index contributed by atoms with van der Waals surface area (Å²) >= 11 is 6.97. The summed E-state index contributed by atoms with van der Waals surface area (Å²) in [7, 11) is 0. The van der Waals surface area contributed by atoms with Gasteiger partial charge in [0.05, 0.1) is 6.54 Å². The van der Waals surface area contributed by atoms with Crippen LogP contribution in [0.3, 0.4) is 0 Å². The van der Waals surface area contributed by atoms with Gasteiger partial charge in [0.25, 0.3) is 0 Å². The van der Waals surface area contributed by atoms with E-state index >= 15 is 0 Å². The highest BCUT2D eigenvalue weighted by molar-refractivity contribution is 8.22. The second-order valence-corrected chi connectivity index (χ2v) is 9.81. The first-order chi connectivity index (χ1) is 12.0. The highest BCUT2D eigenvalue weighted by atomic mass is 32.2. The third-order valence-corrected chi connectivity index (χ3v) is 7.70. The normalized spacial score (nSPS) is 32.0. The third-order valence-electron chi connectivity index (χ3n) is 6.34. The zero-order chi connectivity index (χ0) is 17.4. The number of carbonyl (C=O) groups is 1. The predicted octanol–water partition coefficient (Wildman–Crippen LogP) is 3.80. The van der Waals surface area contributed by atoms with Crippen molar-refractivity contribution in [1.82, 2.24) is 10.6 Å². The minimum absolute atomic E-state index is 0.0980. The Hall–Kier alpha value is -1.07. The molecule has 0 aliphatic heterocycles. The Labute approximate surface area is 159 Å². The smallest absolute Gasteiger partial charge is 0.239 e. The second-order valence-electron chi connectivity index (χ2n) is 8.15. The van der Waals surface area contributed by atoms with Crippen LogP contribution in [0.4, 0.5) is 0 Å². The lowest BCUT2D eigenvalue weighted by molar-refractivity contribution is -0.122. The van der Waals surface area contributed by atoms with Gasteiger partial charge >= 0.3 is 0 Å². The van der Waals surface area contributed by atoms with E-state index in [-0.39, 0.29) is 11.4 Å². The average molecular weight is 375 g/mol. The molecule has 4 fully saturated rings. The molecule has 0 saturated heterocycles. The molecule has 4 bridgehead atoms. The van der Waals surface area contributed by atoms with Gasteiger partial charge in [0.1, 0.15) is 4.32 Å². The lowest BCUT2D eigenvalue weighted by Crippen LogP contribution is -2.52. The van der Waals surface area contributed by atoms with Crippen molar-refractivity contribution >= 4 is 34.2 Å². The van der Waals surface area contributed by atoms with Gasteiger partial charge in [0.15, 0.2) is 0 Å². The van der Waals surface area contributed by atoms with Gasteiger partial charge in [-0.3, -0.25) is 4.79 Å². The van der Waals surface area contributed by atoms with Crippen LogP contribution < -0.4 is 10.6 Å². The van der Waals surface area contributed by atoms with E-state index in [0.29, 0.717) is 10.9 Å². The molecule has 3 nitrogen and oxygen atoms in total. The number of thioether (sulfide) groups is 1. The molecule has 4 aliphatic carbocycles. The Morgan fingerprint density at radius 1 is 1.24 bits per heavy atom. The second kappa shape index (κ2) is 6.92. The van der Waals surface area contributed by atoms with E-state index in [1.54, 1.807) is 11.8 Å². The number of rotatable bonds is 5. The van der Waals surface area contributed by atoms with Gasteiger partial charge < -0.3 is 10.6 Å². The van der Waals surface area contributed by atoms with Crippen LogP contribution in [0.2, 0.25) is 0 Å². The van der Waals surface area contributed by atoms with Crippen molar-refractivity contribution in [2.45, 2.75) is 50.3 Å². The number of aryl methyl sites for hydroxylation is 1. The Morgan fingerprint density at radius 3 is 2.64 bits per heavy atom. The zero-order valence-electron chi connectivity index (χ0n) is 14.7. The fourth-order valence-electron chi connectivity index (χ4n) is 5.42. The molecule has 0 radical (unpaired) electrons. The van der Waals surface area contributed by atoms with Crippen molar-refractivity contribution in [2.75, 3.05) is 6.54 Å². The maximum absolute atomic E-state index is 12.4. The molecule has 2 atom stereocenters. The highest BCUT2D eigenvalue weighted by Crippen LogP contribution is 2.59. The molecule has 0 aromatic heterocycles. The fourth-order valence-corrected chi connectivity index (χ4v) is 6.46. The minimum atomic E-state index is 0.0980. The largest absolute Gasteiger partial charge is 0.362 e. The van der Waals surface area contributed by atoms with Crippen LogP contribution >= 0.6 is 24.0 Å². The molecule has 25 heavy (non-hydrogen) atoms. The van der Waals surface area contributed by atoms with E-state index in [0.717, 1.165) is 23.5 Å². The van der Waals surface area contributed by atoms with Crippen molar-refractivity contribution in [2.24, 2.45) is 17.8 Å². The van der Waals surface area contributed by atoms with Crippen LogP contribution in [-0.4, -0.2) is 22.3 Å². The van der Waals surface area contributed by atoms with E-state index in [4.69, 9.17) is 12.2 Å². The first-order valence-corrected chi connectivity index (χ1v) is 10.7. The fraction of sp³-hybridized carbons (Fsp3) is 0.600. The molecule has 1 amide bonds. The van der Waals surface area contributed by atoms with Gasteiger partial charge in [-0.25, -0.2) is 0 Å². The summed E-state index contributed by atoms with van der Waals surface area (Å²) in [6.07, 6.45) is 6.40. The number of thiocarbonyl (C=S) groups is 1. The Kier molecular flexibility index (Phi) is 4.80. The van der Waals surface area contributed by atoms with Crippen LogP contribution in [0.1, 0.15) is 43.2 Å². The van der Waals surface area contributed by atoms with Gasteiger partial charge in [-0.15, -0.1) is 0 Å². The maximum Gasteiger partial charge on any atom is 0.239 e. The van der Waals surface area contributed by atoms with Crippen LogP contribution in [0.15, 0.2) is 24.3 Å². The number of nitrogens with one attached hydrogen (secondary N) is 2. The Bertz CT molecular complexity index is 671. The molecule has 4 aliphatic rings. The highest BCUT2D eigenvalue weighted by Gasteiger charge is 2.56. The molecule has 4 saturated carbocycles. The van der Waals surface area contributed by atoms with Crippen LogP contribution in [0.5, 0.6) is 0 Å². The van der Waals surface area contributed by atoms with Crippen molar-refractivity contribution in [3.63, 3.8) is 0 Å². The van der Waals surface area contributed by atoms with E-state index in [1.807, 2.05) is 6.07 Å². The molecule has 0 spiro atoms. The number of hydrogen-bond donors (Lipinski definition) is 2. The molecule has 5 heteroatoms. The van der Waals surface area contributed by atoms with Crippen molar-refractivity contribution < 1.29 is 4.79 Å². The minimum Gasteiger partial charge on any atom is -0.362 e. The molecule has 2 N–H and O–H groups in total. The van der Waals surface area contributed by atoms with Crippen LogP contribution in [-0.2, 0) is 10.5 Å². The van der Waals surface area contributed by atoms with Gasteiger partial charge in [0.2, 0.25) is 5.91 Å². The molecular formula is C20H26N2OS2. The monoisotopic (exact) mass is 374 g/mol. The molecule has 1 aromatic rings. The van der Waals surface area contributed by atoms with Crippen LogP contribution in [0.25, 0.3) is 0 Å². The molecule has 134 valence electrons. The Balaban J connectivity index is 1.21. The van der Waals surface area contributed by atoms with Gasteiger partial charge in [-0.05, 0) is 67.9 Å². The average Bonchev–Trinajstić information content (AvgIpc) is 2.98. The maximum atomic E-state index is 12.4. The van der Waals surface area contributed by atoms with E-state index in [9.17, 15) is 4.79 Å². The summed E-state index contributed by atoms with van der Waals surface area (Å²) in [4.78, 5) is 12.4. The summed E-state index contributed by atoms with van der Waals surface area (Å²) in [6, 6.07) is 8.34. The number of carbonyl (C=O) groups excluding carboxylic acids is 1. The van der Waals surface area contributed by atoms with Gasteiger partial charge in [-0.2, -0.15) is 0 Å². The van der Waals surface area contributed by atoms with Crippen molar-refractivity contribution in [1.29, 1.82) is 0 Å². The molecule has 5 rings (SSSR count). The number of hydrogen-bond acceptors (Lipinski definition) is 3. The summed E-state index contributed by atoms with van der Waals surface area (Å²) in [5.41, 5.74) is 2.67. The van der Waals surface area contributed by atoms with Crippen molar-refractivity contribution in [3.8, 4) is 0 Å². The SMILES string of the molecule is Cc1ccccc1CSC(=S)NCC(=O)NC12CC3CC(C1)C(C3)C2. The summed E-state index contributed by atoms with van der Waals surface area (Å²) in [6.45, 7) is 2.41. The molecule has 1 aromatic carbocycles. The van der Waals surface area contributed by atoms with Gasteiger partial charge in [0, 0.05) is 11.3 Å². The lowest BCUT2D eigenvalue weighted by atomic mass is 9.76. The zero-order valence-corrected chi connectivity index (χ0v) is 16.3. The van der Waals surface area contributed by atoms with Crippen molar-refractivity contribution in [3.05, 3.63) is 35.4 Å². The first kappa shape index (κ1) is 17.3. The lowest BCUT2D eigenvalue weighted by Gasteiger charge is -2.39. The quantitative estimate of drug-likeness (QED) is 0.769. The Morgan fingerprint density at radius 2 is 1.96 bits per heavy atom. The summed E-state index contributed by atoms with van der Waals surface area (Å²) in [5.74, 6) is 3.54. The number of amides is 1. The molecule has 0 heterocycles. The molecular weight excluding hydrogens is 348 g/mol. The summed E-state index contributed by atoms with van der Waals surface area (Å²) < 4.78 is 0.701. The van der Waals surface area contributed by atoms with E-state index < -0.39 is 0 Å². The van der Waals surface area contributed by atoms with E-state index in [2.05, 4.69) is 35.8 Å². The summed E-state index contributed by atoms with van der Waals surface area (Å²) in [5, 5.41) is 6.47. The third kappa shape index (κ3) is 3.72. The molecule has 2 unspecified atom stereocenters. The number of benzene rings is 1. The predicted molar refractivity (Wildman–Crippen MR) is 108 cm³/mol. The van der Waals surface area contributed by atoms with Gasteiger partial charge in [-0.1, -0.05) is 48.2 Å². The first-order valence-electron chi connectivity index (χ1n) is 9.29. The topological polar surface area (TPSA) is 41.1 Å².